The number of carbonyl (C=O) groups excluding carboxylic acids is 2. The second kappa shape index (κ2) is 14.5. The first-order valence-corrected chi connectivity index (χ1v) is 7.84. The molecule has 0 spiro atoms. The Morgan fingerprint density at radius 2 is 1.27 bits per heavy atom. The maximum Gasteiger partial charge on any atom is 1.00 e. The minimum atomic E-state index is -3.66. The van der Waals surface area contributed by atoms with Gasteiger partial charge in [0.2, 0.25) is 0 Å². The van der Waals surface area contributed by atoms with Crippen LogP contribution in [0.15, 0.2) is 0 Å². The summed E-state index contributed by atoms with van der Waals surface area (Å²) in [5.41, 5.74) is 0. The molecule has 0 aliphatic rings. The maximum atomic E-state index is 12.5. The molecule has 8 nitrogen and oxygen atoms in total. The molecule has 0 radical (unpaired) electrons. The molecule has 0 aromatic rings. The van der Waals surface area contributed by atoms with Gasteiger partial charge >= 0.3 is 110 Å². The van der Waals surface area contributed by atoms with E-state index in [1.165, 1.54) is 0 Å². The topological polar surface area (TPSA) is 119 Å². The summed E-state index contributed by atoms with van der Waals surface area (Å²) in [4.78, 5) is 22.1. The van der Waals surface area contributed by atoms with E-state index in [9.17, 15) is 24.4 Å². The first-order valence-electron chi connectivity index (χ1n) is 6.12. The second-order valence-corrected chi connectivity index (χ2v) is 6.72. The Bertz CT molecular complexity index is 363. The van der Waals surface area contributed by atoms with Crippen molar-refractivity contribution in [2.75, 3.05) is 19.4 Å². The van der Waals surface area contributed by atoms with Crippen LogP contribution in [-0.2, 0) is 23.2 Å². The summed E-state index contributed by atoms with van der Waals surface area (Å²) in [5, 5.41) is 21.2. The first kappa shape index (κ1) is 29.1. The molecule has 0 heterocycles. The van der Waals surface area contributed by atoms with Crippen LogP contribution in [0.1, 0.15) is 27.7 Å². The zero-order valence-corrected chi connectivity index (χ0v) is 21.2. The average molecular weight is 387 g/mol. The molecule has 0 saturated heterocycles. The van der Waals surface area contributed by atoms with E-state index in [2.05, 4.69) is 0 Å². The number of carbonyl (C=O) groups is 2. The summed E-state index contributed by atoms with van der Waals surface area (Å²) in [5.74, 6) is -2.99. The van der Waals surface area contributed by atoms with Crippen molar-refractivity contribution in [1.82, 2.24) is 4.90 Å². The molecular formula is C11H20K2NO7P. The maximum absolute atomic E-state index is 12.5. The molecule has 0 aromatic heterocycles. The van der Waals surface area contributed by atoms with Crippen molar-refractivity contribution in [3.63, 3.8) is 0 Å². The number of carboxylic acids is 2. The quantitative estimate of drug-likeness (QED) is 0.268. The molecule has 0 aliphatic carbocycles. The molecule has 0 bridgehead atoms. The van der Waals surface area contributed by atoms with Crippen LogP contribution in [0.4, 0.5) is 0 Å². The molecule has 0 atom stereocenters. The van der Waals surface area contributed by atoms with E-state index in [0.717, 1.165) is 4.90 Å². The van der Waals surface area contributed by atoms with Gasteiger partial charge in [-0.25, -0.2) is 0 Å². The van der Waals surface area contributed by atoms with Crippen LogP contribution >= 0.6 is 7.60 Å². The van der Waals surface area contributed by atoms with Gasteiger partial charge in [0.15, 0.2) is 0 Å². The Hall–Kier alpha value is 2.32. The van der Waals surface area contributed by atoms with Crippen molar-refractivity contribution in [3.8, 4) is 0 Å². The molecular weight excluding hydrogens is 367 g/mol. The van der Waals surface area contributed by atoms with E-state index < -0.39 is 51.1 Å². The molecule has 0 saturated carbocycles. The van der Waals surface area contributed by atoms with Gasteiger partial charge in [0, 0.05) is 13.1 Å². The van der Waals surface area contributed by atoms with Crippen LogP contribution in [0, 0.1) is 0 Å². The van der Waals surface area contributed by atoms with E-state index in [4.69, 9.17) is 9.05 Å². The third-order valence-corrected chi connectivity index (χ3v) is 4.05. The van der Waals surface area contributed by atoms with Gasteiger partial charge in [-0.1, -0.05) is 0 Å². The molecule has 11 heteroatoms. The van der Waals surface area contributed by atoms with Crippen molar-refractivity contribution < 1.29 is 136 Å². The fraction of sp³-hybridized carbons (Fsp3) is 0.818. The molecule has 118 valence electrons. The molecule has 0 rings (SSSR count). The van der Waals surface area contributed by atoms with Gasteiger partial charge in [0.05, 0.1) is 24.1 Å². The fourth-order valence-corrected chi connectivity index (χ4v) is 3.66. The smallest absolute Gasteiger partial charge is 0.549 e. The fourth-order valence-electron chi connectivity index (χ4n) is 1.50. The standard InChI is InChI=1S/C11H22NO7P.2K/c1-8(2)18-20(17,19-9(3)4)7-12(5-10(13)14)6-11(15)16;;/h8-9H,5-7H2,1-4H3,(H,13,14)(H,15,16);;/q;2*+1/p-2. The largest absolute Gasteiger partial charge is 1.00 e. The number of rotatable bonds is 10. The predicted octanol–water partition coefficient (Wildman–Crippen LogP) is -7.20. The molecule has 0 aromatic carbocycles. The Morgan fingerprint density at radius 3 is 1.50 bits per heavy atom. The number of hydrogen-bond acceptors (Lipinski definition) is 8. The van der Waals surface area contributed by atoms with Crippen molar-refractivity contribution in [2.24, 2.45) is 0 Å². The van der Waals surface area contributed by atoms with Crippen LogP contribution < -0.4 is 113 Å². The van der Waals surface area contributed by atoms with E-state index in [-0.39, 0.29) is 103 Å². The van der Waals surface area contributed by atoms with Crippen molar-refractivity contribution >= 4 is 19.5 Å². The predicted molar refractivity (Wildman–Crippen MR) is 66.5 cm³/mol. The third kappa shape index (κ3) is 15.8. The van der Waals surface area contributed by atoms with E-state index in [1.54, 1.807) is 27.7 Å². The summed E-state index contributed by atoms with van der Waals surface area (Å²) in [6, 6.07) is 0. The SMILES string of the molecule is CC(C)OP(=O)(CN(CC(=O)[O-])CC(=O)[O-])OC(C)C.[K+].[K+]. The number of hydrogen-bond donors (Lipinski definition) is 0. The van der Waals surface area contributed by atoms with Crippen LogP contribution in [0.3, 0.4) is 0 Å². The van der Waals surface area contributed by atoms with Crippen LogP contribution in [-0.4, -0.2) is 48.4 Å². The van der Waals surface area contributed by atoms with Gasteiger partial charge in [-0.15, -0.1) is 0 Å². The minimum absolute atomic E-state index is 0. The molecule has 0 unspecified atom stereocenters. The Kier molecular flexibility index (Phi) is 19.2. The zero-order chi connectivity index (χ0) is 15.9. The minimum Gasteiger partial charge on any atom is -0.549 e. The van der Waals surface area contributed by atoms with E-state index >= 15 is 0 Å². The number of aliphatic carboxylic acids is 2. The summed E-state index contributed by atoms with van der Waals surface area (Å²) in [6.07, 6.45) is -1.31. The Morgan fingerprint density at radius 1 is 0.955 bits per heavy atom. The van der Waals surface area contributed by atoms with Crippen molar-refractivity contribution in [1.29, 1.82) is 0 Å². The first-order chi connectivity index (χ1) is 9.04. The number of carboxylic acid groups (broad SMARTS) is 2. The van der Waals surface area contributed by atoms with Crippen molar-refractivity contribution in [3.05, 3.63) is 0 Å². The number of nitrogens with zero attached hydrogens (tertiary/aromatic N) is 1. The van der Waals surface area contributed by atoms with Gasteiger partial charge in [-0.2, -0.15) is 0 Å². The zero-order valence-electron chi connectivity index (χ0n) is 14.0. The molecule has 0 amide bonds. The molecule has 0 aliphatic heterocycles. The van der Waals surface area contributed by atoms with Crippen LogP contribution in [0.5, 0.6) is 0 Å². The van der Waals surface area contributed by atoms with E-state index in [0.29, 0.717) is 0 Å². The van der Waals surface area contributed by atoms with Gasteiger partial charge in [-0.05, 0) is 27.7 Å². The monoisotopic (exact) mass is 387 g/mol. The summed E-state index contributed by atoms with van der Waals surface area (Å²) in [7, 11) is -3.66. The van der Waals surface area contributed by atoms with Gasteiger partial charge in [0.25, 0.3) is 0 Å². The Labute approximate surface area is 216 Å². The van der Waals surface area contributed by atoms with Crippen LogP contribution in [0.2, 0.25) is 0 Å². The van der Waals surface area contributed by atoms with Gasteiger partial charge < -0.3 is 28.8 Å². The summed E-state index contributed by atoms with van der Waals surface area (Å²) >= 11 is 0. The van der Waals surface area contributed by atoms with Crippen LogP contribution in [0.25, 0.3) is 0 Å². The van der Waals surface area contributed by atoms with Gasteiger partial charge in [-0.3, -0.25) is 9.46 Å². The third-order valence-electron chi connectivity index (χ3n) is 1.82. The summed E-state index contributed by atoms with van der Waals surface area (Å²) < 4.78 is 22.9. The average Bonchev–Trinajstić information content (AvgIpc) is 2.09. The summed E-state index contributed by atoms with van der Waals surface area (Å²) in [6.45, 7) is 5.13. The van der Waals surface area contributed by atoms with E-state index in [1.807, 2.05) is 0 Å². The Balaban J connectivity index is -0.00000180. The normalized spacial score (nSPS) is 11.2. The van der Waals surface area contributed by atoms with Crippen molar-refractivity contribution in [2.45, 2.75) is 39.9 Å². The van der Waals surface area contributed by atoms with Gasteiger partial charge in [0.1, 0.15) is 6.29 Å². The molecule has 0 fully saturated rings. The molecule has 0 N–H and O–H groups in total. The second-order valence-electron chi connectivity index (χ2n) is 4.79. The molecule has 22 heavy (non-hydrogen) atoms.